The summed E-state index contributed by atoms with van der Waals surface area (Å²) >= 11 is 1.59. The van der Waals surface area contributed by atoms with Gasteiger partial charge in [0.25, 0.3) is 0 Å². The minimum atomic E-state index is -1.00. The molecule has 1 aromatic rings. The normalized spacial score (nSPS) is 12.1. The Labute approximate surface area is 99.8 Å². The van der Waals surface area contributed by atoms with Gasteiger partial charge in [-0.2, -0.15) is 11.8 Å². The molecule has 0 saturated heterocycles. The van der Waals surface area contributed by atoms with Gasteiger partial charge < -0.3 is 9.84 Å². The van der Waals surface area contributed by atoms with Crippen molar-refractivity contribution < 1.29 is 14.6 Å². The van der Waals surface area contributed by atoms with Crippen LogP contribution in [0.3, 0.4) is 0 Å². The molecule has 0 aliphatic rings. The van der Waals surface area contributed by atoms with E-state index >= 15 is 0 Å². The number of hydrogen-bond acceptors (Lipinski definition) is 4. The molecule has 16 heavy (non-hydrogen) atoms. The van der Waals surface area contributed by atoms with Crippen LogP contribution < -0.4 is 0 Å². The summed E-state index contributed by atoms with van der Waals surface area (Å²) in [6.07, 6.45) is 1.37. The van der Waals surface area contributed by atoms with Crippen LogP contribution in [0.5, 0.6) is 0 Å². The maximum atomic E-state index is 11.3. The van der Waals surface area contributed by atoms with Crippen molar-refractivity contribution in [2.75, 3.05) is 12.0 Å². The molecule has 0 aliphatic carbocycles. The number of thioether (sulfide) groups is 1. The van der Waals surface area contributed by atoms with Crippen LogP contribution in [-0.4, -0.2) is 29.2 Å². The molecule has 1 N–H and O–H groups in total. The Kier molecular flexibility index (Phi) is 5.96. The van der Waals surface area contributed by atoms with Crippen LogP contribution in [0.4, 0.5) is 0 Å². The molecule has 0 aliphatic heterocycles. The van der Waals surface area contributed by atoms with Crippen LogP contribution in [-0.2, 0) is 16.1 Å². The predicted octanol–water partition coefficient (Wildman–Crippen LogP) is 1.84. The number of ether oxygens (including phenoxy) is 1. The second kappa shape index (κ2) is 7.30. The molecular formula is C12H16O3S. The third-order valence-corrected chi connectivity index (χ3v) is 2.74. The highest BCUT2D eigenvalue weighted by Crippen LogP contribution is 2.05. The fourth-order valence-electron chi connectivity index (χ4n) is 1.17. The monoisotopic (exact) mass is 240 g/mol. The summed E-state index contributed by atoms with van der Waals surface area (Å²) in [6.45, 7) is 0.218. The SMILES string of the molecule is CSCCC(O)C(=O)OCc1ccccc1. The molecule has 0 aromatic heterocycles. The molecule has 3 nitrogen and oxygen atoms in total. The van der Waals surface area contributed by atoms with Gasteiger partial charge in [0.2, 0.25) is 0 Å². The van der Waals surface area contributed by atoms with Gasteiger partial charge in [-0.1, -0.05) is 30.3 Å². The summed E-state index contributed by atoms with van der Waals surface area (Å²) in [5.41, 5.74) is 0.924. The summed E-state index contributed by atoms with van der Waals surface area (Å²) in [5, 5.41) is 9.44. The van der Waals surface area contributed by atoms with E-state index in [0.717, 1.165) is 11.3 Å². The first kappa shape index (κ1) is 13.1. The maximum absolute atomic E-state index is 11.3. The molecular weight excluding hydrogens is 224 g/mol. The number of aliphatic hydroxyl groups excluding tert-OH is 1. The lowest BCUT2D eigenvalue weighted by atomic mass is 10.2. The van der Waals surface area contributed by atoms with E-state index in [1.807, 2.05) is 36.6 Å². The van der Waals surface area contributed by atoms with Gasteiger partial charge in [0.1, 0.15) is 6.61 Å². The molecule has 1 rings (SSSR count). The number of hydrogen-bond donors (Lipinski definition) is 1. The van der Waals surface area contributed by atoms with Crippen LogP contribution in [0.1, 0.15) is 12.0 Å². The molecule has 0 saturated carbocycles. The third kappa shape index (κ3) is 4.68. The summed E-state index contributed by atoms with van der Waals surface area (Å²) in [5.74, 6) is 0.208. The third-order valence-electron chi connectivity index (χ3n) is 2.09. The van der Waals surface area contributed by atoms with Gasteiger partial charge in [-0.3, -0.25) is 0 Å². The van der Waals surface area contributed by atoms with Crippen molar-refractivity contribution in [1.29, 1.82) is 0 Å². The van der Waals surface area contributed by atoms with Gasteiger partial charge in [-0.25, -0.2) is 4.79 Å². The van der Waals surface area contributed by atoms with Crippen molar-refractivity contribution in [2.24, 2.45) is 0 Å². The number of aliphatic hydroxyl groups is 1. The van der Waals surface area contributed by atoms with Crippen molar-refractivity contribution >= 4 is 17.7 Å². The number of esters is 1. The van der Waals surface area contributed by atoms with E-state index in [1.54, 1.807) is 11.8 Å². The Morgan fingerprint density at radius 2 is 2.12 bits per heavy atom. The average Bonchev–Trinajstić information content (AvgIpc) is 2.34. The largest absolute Gasteiger partial charge is 0.459 e. The van der Waals surface area contributed by atoms with Crippen LogP contribution in [0.25, 0.3) is 0 Å². The second-order valence-electron chi connectivity index (χ2n) is 3.39. The minimum absolute atomic E-state index is 0.218. The highest BCUT2D eigenvalue weighted by molar-refractivity contribution is 7.98. The second-order valence-corrected chi connectivity index (χ2v) is 4.38. The van der Waals surface area contributed by atoms with Gasteiger partial charge in [-0.05, 0) is 24.0 Å². The molecule has 1 atom stereocenters. The van der Waals surface area contributed by atoms with Crippen molar-refractivity contribution in [1.82, 2.24) is 0 Å². The zero-order valence-corrected chi connectivity index (χ0v) is 10.1. The van der Waals surface area contributed by atoms with E-state index in [9.17, 15) is 9.90 Å². The molecule has 0 heterocycles. The van der Waals surface area contributed by atoms with Gasteiger partial charge in [0, 0.05) is 0 Å². The fraction of sp³-hybridized carbons (Fsp3) is 0.417. The lowest BCUT2D eigenvalue weighted by molar-refractivity contribution is -0.154. The van der Waals surface area contributed by atoms with Crippen molar-refractivity contribution in [3.05, 3.63) is 35.9 Å². The molecule has 1 unspecified atom stereocenters. The molecule has 0 bridgehead atoms. The molecule has 0 amide bonds. The Balaban J connectivity index is 2.29. The standard InChI is InChI=1S/C12H16O3S/c1-16-8-7-11(13)12(14)15-9-10-5-3-2-4-6-10/h2-6,11,13H,7-9H2,1H3. The van der Waals surface area contributed by atoms with E-state index in [2.05, 4.69) is 0 Å². The summed E-state index contributed by atoms with van der Waals surface area (Å²) in [6, 6.07) is 9.42. The smallest absolute Gasteiger partial charge is 0.335 e. The number of carbonyl (C=O) groups excluding carboxylic acids is 1. The lowest BCUT2D eigenvalue weighted by Gasteiger charge is -2.09. The maximum Gasteiger partial charge on any atom is 0.335 e. The van der Waals surface area contributed by atoms with E-state index < -0.39 is 12.1 Å². The Morgan fingerprint density at radius 3 is 2.75 bits per heavy atom. The fourth-order valence-corrected chi connectivity index (χ4v) is 1.63. The zero-order chi connectivity index (χ0) is 11.8. The van der Waals surface area contributed by atoms with Gasteiger partial charge in [0.05, 0.1) is 0 Å². The van der Waals surface area contributed by atoms with E-state index in [4.69, 9.17) is 4.74 Å². The van der Waals surface area contributed by atoms with Crippen molar-refractivity contribution in [2.45, 2.75) is 19.1 Å². The Hall–Kier alpha value is -1.00. The van der Waals surface area contributed by atoms with E-state index in [1.165, 1.54) is 0 Å². The Morgan fingerprint density at radius 1 is 1.44 bits per heavy atom. The highest BCUT2D eigenvalue weighted by Gasteiger charge is 2.15. The number of carbonyl (C=O) groups is 1. The molecule has 88 valence electrons. The molecule has 4 heteroatoms. The minimum Gasteiger partial charge on any atom is -0.459 e. The van der Waals surface area contributed by atoms with Crippen molar-refractivity contribution in [3.8, 4) is 0 Å². The van der Waals surface area contributed by atoms with Crippen molar-refractivity contribution in [3.63, 3.8) is 0 Å². The predicted molar refractivity (Wildman–Crippen MR) is 65.2 cm³/mol. The first-order valence-electron chi connectivity index (χ1n) is 5.11. The molecule has 0 radical (unpaired) electrons. The molecule has 0 spiro atoms. The van der Waals surface area contributed by atoms with Gasteiger partial charge >= 0.3 is 5.97 Å². The highest BCUT2D eigenvalue weighted by atomic mass is 32.2. The number of rotatable bonds is 6. The van der Waals surface area contributed by atoms with E-state index in [0.29, 0.717) is 6.42 Å². The molecule has 0 fully saturated rings. The Bertz CT molecular complexity index is 313. The van der Waals surface area contributed by atoms with E-state index in [-0.39, 0.29) is 6.61 Å². The summed E-state index contributed by atoms with van der Waals surface area (Å²) in [7, 11) is 0. The van der Waals surface area contributed by atoms with Gasteiger partial charge in [-0.15, -0.1) is 0 Å². The van der Waals surface area contributed by atoms with Crippen LogP contribution in [0, 0.1) is 0 Å². The summed E-state index contributed by atoms with van der Waals surface area (Å²) in [4.78, 5) is 11.3. The zero-order valence-electron chi connectivity index (χ0n) is 9.26. The van der Waals surface area contributed by atoms with Gasteiger partial charge in [0.15, 0.2) is 6.10 Å². The molecule has 1 aromatic carbocycles. The topological polar surface area (TPSA) is 46.5 Å². The first-order valence-corrected chi connectivity index (χ1v) is 6.51. The number of benzene rings is 1. The quantitative estimate of drug-likeness (QED) is 0.771. The summed E-state index contributed by atoms with van der Waals surface area (Å²) < 4.78 is 4.99. The first-order chi connectivity index (χ1) is 7.74. The average molecular weight is 240 g/mol. The van der Waals surface area contributed by atoms with Crippen LogP contribution in [0.2, 0.25) is 0 Å². The van der Waals surface area contributed by atoms with Crippen LogP contribution >= 0.6 is 11.8 Å². The lowest BCUT2D eigenvalue weighted by Crippen LogP contribution is -2.23. The van der Waals surface area contributed by atoms with Crippen LogP contribution in [0.15, 0.2) is 30.3 Å².